The zero-order valence-electron chi connectivity index (χ0n) is 22.5. The quantitative estimate of drug-likeness (QED) is 0.376. The van der Waals surface area contributed by atoms with Crippen molar-refractivity contribution in [1.82, 2.24) is 29.6 Å². The van der Waals surface area contributed by atoms with Crippen molar-refractivity contribution in [2.24, 2.45) is 0 Å². The lowest BCUT2D eigenvalue weighted by Gasteiger charge is -2.37. The van der Waals surface area contributed by atoms with Crippen LogP contribution in [0.25, 0.3) is 16.6 Å². The van der Waals surface area contributed by atoms with Crippen LogP contribution >= 0.6 is 0 Å². The zero-order chi connectivity index (χ0) is 28.0. The summed E-state index contributed by atoms with van der Waals surface area (Å²) in [7, 11) is -4.03. The molecule has 4 aromatic rings. The van der Waals surface area contributed by atoms with Crippen LogP contribution in [0.5, 0.6) is 0 Å². The van der Waals surface area contributed by atoms with Gasteiger partial charge < -0.3 is 14.5 Å². The highest BCUT2D eigenvalue weighted by Crippen LogP contribution is 2.27. The van der Waals surface area contributed by atoms with E-state index in [9.17, 15) is 18.0 Å². The van der Waals surface area contributed by atoms with Gasteiger partial charge in [-0.1, -0.05) is 17.7 Å². The van der Waals surface area contributed by atoms with Gasteiger partial charge in [-0.25, -0.2) is 18.1 Å². The third-order valence-electron chi connectivity index (χ3n) is 7.65. The van der Waals surface area contributed by atoms with Gasteiger partial charge in [-0.3, -0.25) is 14.5 Å². The molecular weight excluding hydrogens is 534 g/mol. The number of amides is 1. The van der Waals surface area contributed by atoms with Crippen molar-refractivity contribution in [1.29, 1.82) is 0 Å². The molecule has 2 aliphatic rings. The highest BCUT2D eigenvalue weighted by Gasteiger charge is 2.28. The van der Waals surface area contributed by atoms with E-state index in [0.717, 1.165) is 24.3 Å². The van der Waals surface area contributed by atoms with E-state index in [1.165, 1.54) is 4.52 Å². The monoisotopic (exact) mass is 565 g/mol. The number of aryl methyl sites for hydroxylation is 2. The van der Waals surface area contributed by atoms with Crippen LogP contribution in [0.2, 0.25) is 0 Å². The van der Waals surface area contributed by atoms with Gasteiger partial charge in [0.15, 0.2) is 5.65 Å². The number of rotatable bonds is 5. The first-order valence-corrected chi connectivity index (χ1v) is 14.8. The van der Waals surface area contributed by atoms with Crippen LogP contribution < -0.4 is 10.5 Å². The second-order valence-corrected chi connectivity index (χ2v) is 12.2. The molecule has 4 heterocycles. The fourth-order valence-electron chi connectivity index (χ4n) is 5.45. The summed E-state index contributed by atoms with van der Waals surface area (Å²) in [4.78, 5) is 36.0. The Labute approximate surface area is 231 Å². The molecule has 0 bridgehead atoms. The molecule has 0 atom stereocenters. The van der Waals surface area contributed by atoms with Crippen molar-refractivity contribution < 1.29 is 17.9 Å². The van der Waals surface area contributed by atoms with Crippen LogP contribution in [-0.4, -0.2) is 103 Å². The van der Waals surface area contributed by atoms with E-state index in [1.807, 2.05) is 24.0 Å². The first-order valence-electron chi connectivity index (χ1n) is 13.3. The van der Waals surface area contributed by atoms with Gasteiger partial charge >= 0.3 is 0 Å². The number of hydrogen-bond donors (Lipinski definition) is 1. The molecule has 40 heavy (non-hydrogen) atoms. The minimum absolute atomic E-state index is 0.0407. The van der Waals surface area contributed by atoms with Crippen LogP contribution in [0.15, 0.2) is 51.1 Å². The number of H-pyrrole nitrogens is 1. The van der Waals surface area contributed by atoms with Crippen molar-refractivity contribution in [2.75, 3.05) is 63.9 Å². The maximum Gasteiger partial charge on any atom is 0.281 e. The molecule has 0 aliphatic carbocycles. The average molecular weight is 566 g/mol. The van der Waals surface area contributed by atoms with Crippen LogP contribution in [-0.2, 0) is 19.4 Å². The van der Waals surface area contributed by atoms with Crippen molar-refractivity contribution >= 4 is 38.0 Å². The summed E-state index contributed by atoms with van der Waals surface area (Å²) >= 11 is 0. The lowest BCUT2D eigenvalue weighted by atomic mass is 10.2. The number of nitrogens with zero attached hydrogens (tertiary/aromatic N) is 6. The Hall–Kier alpha value is -3.81. The number of hydrogen-bond acceptors (Lipinski definition) is 9. The lowest BCUT2D eigenvalue weighted by molar-refractivity contribution is -0.136. The third-order valence-corrected chi connectivity index (χ3v) is 9.47. The molecule has 2 aromatic heterocycles. The van der Waals surface area contributed by atoms with E-state index in [2.05, 4.69) is 25.1 Å². The van der Waals surface area contributed by atoms with Crippen LogP contribution in [0.4, 0.5) is 5.69 Å². The Morgan fingerprint density at radius 1 is 1.00 bits per heavy atom. The fourth-order valence-corrected chi connectivity index (χ4v) is 6.92. The van der Waals surface area contributed by atoms with Gasteiger partial charge in [0.2, 0.25) is 20.8 Å². The van der Waals surface area contributed by atoms with E-state index in [0.29, 0.717) is 62.4 Å². The van der Waals surface area contributed by atoms with Gasteiger partial charge in [-0.15, -0.1) is 5.10 Å². The molecule has 0 unspecified atom stereocenters. The number of nitrogens with one attached hydrogen (secondary N) is 1. The van der Waals surface area contributed by atoms with Crippen LogP contribution in [0.3, 0.4) is 0 Å². The summed E-state index contributed by atoms with van der Waals surface area (Å²) in [6.45, 7) is 9.33. The van der Waals surface area contributed by atoms with Gasteiger partial charge in [-0.05, 0) is 43.7 Å². The number of benzene rings is 2. The van der Waals surface area contributed by atoms with Gasteiger partial charge in [0.1, 0.15) is 0 Å². The molecule has 0 spiro atoms. The van der Waals surface area contributed by atoms with Gasteiger partial charge in [0.05, 0.1) is 35.6 Å². The van der Waals surface area contributed by atoms with E-state index in [1.54, 1.807) is 31.2 Å². The molecular formula is C27H31N7O5S. The van der Waals surface area contributed by atoms with Crippen molar-refractivity contribution in [3.63, 3.8) is 0 Å². The predicted molar refractivity (Wildman–Crippen MR) is 149 cm³/mol. The third kappa shape index (κ3) is 4.73. The van der Waals surface area contributed by atoms with Gasteiger partial charge in [-0.2, -0.15) is 4.98 Å². The molecule has 2 aromatic carbocycles. The average Bonchev–Trinajstić information content (AvgIpc) is 3.38. The summed E-state index contributed by atoms with van der Waals surface area (Å²) < 4.78 is 33.8. The summed E-state index contributed by atoms with van der Waals surface area (Å²) in [6.07, 6.45) is 0. The highest BCUT2D eigenvalue weighted by molar-refractivity contribution is 7.91. The van der Waals surface area contributed by atoms with Crippen molar-refractivity contribution in [3.8, 4) is 0 Å². The summed E-state index contributed by atoms with van der Waals surface area (Å²) in [5.41, 5.74) is 2.36. The molecule has 1 N–H and O–H groups in total. The molecule has 2 aliphatic heterocycles. The van der Waals surface area contributed by atoms with E-state index in [4.69, 9.17) is 4.74 Å². The molecule has 0 saturated carbocycles. The van der Waals surface area contributed by atoms with Crippen LogP contribution in [0.1, 0.15) is 11.1 Å². The predicted octanol–water partition coefficient (Wildman–Crippen LogP) is 1.00. The van der Waals surface area contributed by atoms with E-state index >= 15 is 0 Å². The zero-order valence-corrected chi connectivity index (χ0v) is 23.3. The molecule has 2 saturated heterocycles. The number of aromatic nitrogens is 4. The fraction of sp³-hybridized carbons (Fsp3) is 0.407. The topological polar surface area (TPSA) is 133 Å². The Bertz CT molecular complexity index is 1770. The lowest BCUT2D eigenvalue weighted by Crippen LogP contribution is -2.51. The normalized spacial score (nSPS) is 17.1. The molecule has 2 fully saturated rings. The maximum atomic E-state index is 13.5. The molecule has 12 nitrogen and oxygen atoms in total. The largest absolute Gasteiger partial charge is 0.378 e. The highest BCUT2D eigenvalue weighted by atomic mass is 32.2. The molecule has 210 valence electrons. The standard InChI is InChI=1S/C27H31N7O5S/c1-18-3-6-23(19(2)15-18)40(37,38)27-25-28-26(36)21-5-4-20(16-22(21)34(25)30-29-27)32-9-7-31(8-10-32)17-24(35)33-11-13-39-14-12-33/h3-6,15-16,30H,7-14,17H2,1-2H3. The Morgan fingerprint density at radius 3 is 2.48 bits per heavy atom. The Balaban J connectivity index is 1.27. The van der Waals surface area contributed by atoms with Gasteiger partial charge in [0, 0.05) is 45.0 Å². The molecule has 0 radical (unpaired) electrons. The number of carbonyl (C=O) groups is 1. The number of ether oxygens (including phenoxy) is 1. The number of piperazine rings is 1. The SMILES string of the molecule is Cc1ccc(S(=O)(=O)c2n[nH]n3c2nc(=O)c2ccc(N4CCN(CC(=O)N5CCOCC5)CC4)cc23)c(C)c1. The smallest absolute Gasteiger partial charge is 0.281 e. The summed E-state index contributed by atoms with van der Waals surface area (Å²) in [6, 6.07) is 10.5. The number of morpholine rings is 1. The first kappa shape index (κ1) is 26.4. The van der Waals surface area contributed by atoms with Crippen molar-refractivity contribution in [2.45, 2.75) is 23.8 Å². The Morgan fingerprint density at radius 2 is 1.75 bits per heavy atom. The number of sulfone groups is 1. The second-order valence-electron chi connectivity index (χ2n) is 10.3. The number of fused-ring (bicyclic) bond motifs is 3. The molecule has 1 amide bonds. The van der Waals surface area contributed by atoms with E-state index in [-0.39, 0.29) is 21.5 Å². The second kappa shape index (κ2) is 10.3. The van der Waals surface area contributed by atoms with Crippen LogP contribution in [0, 0.1) is 13.8 Å². The van der Waals surface area contributed by atoms with Gasteiger partial charge in [0.25, 0.3) is 5.56 Å². The van der Waals surface area contributed by atoms with E-state index < -0.39 is 15.4 Å². The number of carbonyl (C=O) groups excluding carboxylic acids is 1. The maximum absolute atomic E-state index is 13.5. The number of anilines is 1. The minimum atomic E-state index is -4.03. The number of aromatic amines is 1. The van der Waals surface area contributed by atoms with Crippen molar-refractivity contribution in [3.05, 3.63) is 57.9 Å². The molecule has 6 rings (SSSR count). The molecule has 13 heteroatoms. The first-order chi connectivity index (χ1) is 19.2. The summed E-state index contributed by atoms with van der Waals surface area (Å²) in [5, 5.41) is 6.93. The summed E-state index contributed by atoms with van der Waals surface area (Å²) in [5.74, 6) is 0.127. The Kier molecular flexibility index (Phi) is 6.80. The minimum Gasteiger partial charge on any atom is -0.378 e.